The Morgan fingerprint density at radius 1 is 0.840 bits per heavy atom. The van der Waals surface area contributed by atoms with Crippen LogP contribution in [0.1, 0.15) is 5.56 Å². The maximum absolute atomic E-state index is 4.69. The number of nitrogens with zero attached hydrogens (tertiary/aromatic N) is 5. The van der Waals surface area contributed by atoms with Crippen LogP contribution in [-0.4, -0.2) is 33.7 Å². The fourth-order valence-corrected chi connectivity index (χ4v) is 2.77. The Morgan fingerprint density at radius 2 is 1.52 bits per heavy atom. The van der Waals surface area contributed by atoms with Crippen LogP contribution >= 0.6 is 0 Å². The van der Waals surface area contributed by atoms with Gasteiger partial charge in [-0.25, -0.2) is 4.98 Å². The lowest BCUT2D eigenvalue weighted by Gasteiger charge is -2.11. The van der Waals surface area contributed by atoms with Crippen molar-refractivity contribution >= 4 is 11.5 Å². The topological polar surface area (TPSA) is 46.3 Å². The molecule has 0 saturated carbocycles. The smallest absolute Gasteiger partial charge is 0.253 e. The third-order valence-corrected chi connectivity index (χ3v) is 4.23. The lowest BCUT2D eigenvalue weighted by Crippen LogP contribution is -2.07. The van der Waals surface area contributed by atoms with E-state index < -0.39 is 0 Å². The first-order chi connectivity index (χ1) is 12.1. The maximum atomic E-state index is 4.69. The number of rotatable bonds is 3. The highest BCUT2D eigenvalue weighted by atomic mass is 15.3. The largest absolute Gasteiger partial charge is 0.378 e. The molecule has 0 aliphatic carbocycles. The Labute approximate surface area is 146 Å². The molecule has 0 amide bonds. The molecule has 0 N–H and O–H groups in total. The van der Waals surface area contributed by atoms with E-state index in [-0.39, 0.29) is 0 Å². The summed E-state index contributed by atoms with van der Waals surface area (Å²) in [5.74, 6) is 1.28. The van der Waals surface area contributed by atoms with E-state index in [0.29, 0.717) is 11.6 Å². The van der Waals surface area contributed by atoms with E-state index in [1.54, 1.807) is 10.7 Å². The van der Waals surface area contributed by atoms with Crippen molar-refractivity contribution in [3.63, 3.8) is 0 Å². The molecule has 2 aromatic heterocycles. The lowest BCUT2D eigenvalue weighted by molar-refractivity contribution is 0.951. The predicted octanol–water partition coefficient (Wildman–Crippen LogP) is 3.83. The van der Waals surface area contributed by atoms with Gasteiger partial charge in [0.1, 0.15) is 0 Å². The number of aromatic nitrogens is 4. The zero-order valence-electron chi connectivity index (χ0n) is 14.5. The molecule has 0 spiro atoms. The summed E-state index contributed by atoms with van der Waals surface area (Å²) in [6.07, 6.45) is 1.78. The summed E-state index contributed by atoms with van der Waals surface area (Å²) >= 11 is 0. The van der Waals surface area contributed by atoms with Crippen LogP contribution in [0.15, 0.2) is 60.8 Å². The second-order valence-electron chi connectivity index (χ2n) is 6.28. The zero-order chi connectivity index (χ0) is 17.4. The first kappa shape index (κ1) is 15.3. The Hall–Kier alpha value is -3.21. The van der Waals surface area contributed by atoms with Crippen LogP contribution in [0.5, 0.6) is 0 Å². The second-order valence-corrected chi connectivity index (χ2v) is 6.28. The van der Waals surface area contributed by atoms with Gasteiger partial charge in [-0.1, -0.05) is 29.8 Å². The highest BCUT2D eigenvalue weighted by Gasteiger charge is 2.11. The molecule has 0 aliphatic rings. The van der Waals surface area contributed by atoms with E-state index in [4.69, 9.17) is 0 Å². The van der Waals surface area contributed by atoms with Gasteiger partial charge < -0.3 is 4.90 Å². The van der Waals surface area contributed by atoms with Crippen molar-refractivity contribution in [1.29, 1.82) is 0 Å². The van der Waals surface area contributed by atoms with Crippen LogP contribution in [0.3, 0.4) is 0 Å². The number of fused-ring (bicyclic) bond motifs is 1. The minimum atomic E-state index is 0.602. The van der Waals surface area contributed by atoms with Crippen LogP contribution in [0.2, 0.25) is 0 Å². The monoisotopic (exact) mass is 329 g/mol. The molecule has 0 bridgehead atoms. The van der Waals surface area contributed by atoms with Crippen LogP contribution < -0.4 is 4.90 Å². The summed E-state index contributed by atoms with van der Waals surface area (Å²) in [6.45, 7) is 2.08. The normalized spacial score (nSPS) is 11.0. The number of aryl methyl sites for hydroxylation is 1. The van der Waals surface area contributed by atoms with Crippen molar-refractivity contribution < 1.29 is 0 Å². The molecule has 0 unspecified atom stereocenters. The van der Waals surface area contributed by atoms with E-state index in [9.17, 15) is 0 Å². The van der Waals surface area contributed by atoms with Crippen molar-refractivity contribution in [3.05, 3.63) is 66.4 Å². The van der Waals surface area contributed by atoms with Gasteiger partial charge in [-0.15, -0.1) is 5.10 Å². The van der Waals surface area contributed by atoms with Crippen LogP contribution in [0.25, 0.3) is 28.4 Å². The van der Waals surface area contributed by atoms with E-state index in [0.717, 1.165) is 22.5 Å². The Balaban J connectivity index is 1.80. The standard InChI is InChI=1S/C20H19N5/c1-14-4-6-15(7-5-14)18-12-13-21-20-22-19(23-25(18)20)16-8-10-17(11-9-16)24(2)3/h4-13H,1-3H3. The van der Waals surface area contributed by atoms with Crippen molar-refractivity contribution in [2.45, 2.75) is 6.92 Å². The Bertz CT molecular complexity index is 1010. The highest BCUT2D eigenvalue weighted by molar-refractivity contribution is 5.65. The van der Waals surface area contributed by atoms with Crippen LogP contribution in [0, 0.1) is 6.92 Å². The molecule has 2 aromatic carbocycles. The van der Waals surface area contributed by atoms with Gasteiger partial charge in [0.05, 0.1) is 5.69 Å². The average Bonchev–Trinajstić information content (AvgIpc) is 3.07. The number of anilines is 1. The summed E-state index contributed by atoms with van der Waals surface area (Å²) < 4.78 is 1.81. The quantitative estimate of drug-likeness (QED) is 0.573. The first-order valence-corrected chi connectivity index (χ1v) is 8.18. The lowest BCUT2D eigenvalue weighted by atomic mass is 10.1. The summed E-state index contributed by atoms with van der Waals surface area (Å²) in [5, 5.41) is 4.69. The number of hydrogen-bond acceptors (Lipinski definition) is 4. The summed E-state index contributed by atoms with van der Waals surface area (Å²) in [7, 11) is 4.05. The molecule has 0 saturated heterocycles. The first-order valence-electron chi connectivity index (χ1n) is 8.18. The van der Waals surface area contributed by atoms with E-state index in [2.05, 4.69) is 63.3 Å². The molecule has 4 rings (SSSR count). The van der Waals surface area contributed by atoms with Gasteiger partial charge in [0, 0.05) is 37.1 Å². The third kappa shape index (κ3) is 2.85. The number of hydrogen-bond donors (Lipinski definition) is 0. The van der Waals surface area contributed by atoms with E-state index in [1.165, 1.54) is 5.56 Å². The van der Waals surface area contributed by atoms with E-state index >= 15 is 0 Å². The van der Waals surface area contributed by atoms with Crippen LogP contribution in [0.4, 0.5) is 5.69 Å². The Morgan fingerprint density at radius 3 is 2.20 bits per heavy atom. The molecule has 25 heavy (non-hydrogen) atoms. The molecule has 0 aliphatic heterocycles. The average molecular weight is 329 g/mol. The maximum Gasteiger partial charge on any atom is 0.253 e. The van der Waals surface area contributed by atoms with Gasteiger partial charge in [0.25, 0.3) is 5.78 Å². The molecule has 0 radical (unpaired) electrons. The molecule has 5 heteroatoms. The van der Waals surface area contributed by atoms with Gasteiger partial charge in [-0.3, -0.25) is 0 Å². The van der Waals surface area contributed by atoms with E-state index in [1.807, 2.05) is 32.3 Å². The summed E-state index contributed by atoms with van der Waals surface area (Å²) in [6, 6.07) is 18.6. The van der Waals surface area contributed by atoms with Gasteiger partial charge in [-0.05, 0) is 37.3 Å². The SMILES string of the molecule is Cc1ccc(-c2ccnc3nc(-c4ccc(N(C)C)cc4)nn23)cc1. The predicted molar refractivity (Wildman–Crippen MR) is 101 cm³/mol. The zero-order valence-corrected chi connectivity index (χ0v) is 14.5. The fraction of sp³-hybridized carbons (Fsp3) is 0.150. The van der Waals surface area contributed by atoms with Crippen LogP contribution in [-0.2, 0) is 0 Å². The molecule has 124 valence electrons. The van der Waals surface area contributed by atoms with Crippen molar-refractivity contribution in [1.82, 2.24) is 19.6 Å². The van der Waals surface area contributed by atoms with Crippen molar-refractivity contribution in [3.8, 4) is 22.6 Å². The summed E-state index contributed by atoms with van der Waals surface area (Å²) in [5.41, 5.74) is 5.43. The molecule has 4 aromatic rings. The van der Waals surface area contributed by atoms with Crippen molar-refractivity contribution in [2.75, 3.05) is 19.0 Å². The van der Waals surface area contributed by atoms with Gasteiger partial charge in [0.15, 0.2) is 5.82 Å². The minimum Gasteiger partial charge on any atom is -0.378 e. The Kier molecular flexibility index (Phi) is 3.69. The molecular formula is C20H19N5. The fourth-order valence-electron chi connectivity index (χ4n) is 2.77. The molecular weight excluding hydrogens is 310 g/mol. The van der Waals surface area contributed by atoms with Crippen molar-refractivity contribution in [2.24, 2.45) is 0 Å². The molecule has 0 fully saturated rings. The molecule has 0 atom stereocenters. The minimum absolute atomic E-state index is 0.602. The summed E-state index contributed by atoms with van der Waals surface area (Å²) in [4.78, 5) is 11.0. The van der Waals surface area contributed by atoms with Gasteiger partial charge >= 0.3 is 0 Å². The molecule has 2 heterocycles. The van der Waals surface area contributed by atoms with Gasteiger partial charge in [0.2, 0.25) is 0 Å². The van der Waals surface area contributed by atoms with Gasteiger partial charge in [-0.2, -0.15) is 9.50 Å². The molecule has 5 nitrogen and oxygen atoms in total. The second kappa shape index (κ2) is 6.02. The highest BCUT2D eigenvalue weighted by Crippen LogP contribution is 2.23. The third-order valence-electron chi connectivity index (χ3n) is 4.23. The number of benzene rings is 2.